The number of amidine groups is 1. The van der Waals surface area contributed by atoms with Crippen LogP contribution in [0, 0.1) is 17.2 Å². The first-order valence-electron chi connectivity index (χ1n) is 6.13. The number of nitrogens with two attached hydrogens (primary N) is 1. The summed E-state index contributed by atoms with van der Waals surface area (Å²) in [5.74, 6) is 1.26. The van der Waals surface area contributed by atoms with E-state index in [-0.39, 0.29) is 11.8 Å². The second-order valence-corrected chi connectivity index (χ2v) is 4.92. The maximum Gasteiger partial charge on any atom is 0.0947 e. The van der Waals surface area contributed by atoms with Crippen LogP contribution in [0.3, 0.4) is 0 Å². The van der Waals surface area contributed by atoms with Crippen LogP contribution < -0.4 is 5.73 Å². The summed E-state index contributed by atoms with van der Waals surface area (Å²) < 4.78 is 5.14. The van der Waals surface area contributed by atoms with Crippen molar-refractivity contribution in [2.24, 2.45) is 17.6 Å². The smallest absolute Gasteiger partial charge is 0.0947 e. The Morgan fingerprint density at radius 2 is 2.12 bits per heavy atom. The van der Waals surface area contributed by atoms with Crippen LogP contribution in [0.1, 0.15) is 26.7 Å². The Bertz CT molecular complexity index is 228. The van der Waals surface area contributed by atoms with Crippen molar-refractivity contribution < 1.29 is 4.74 Å². The molecule has 0 spiro atoms. The average molecular weight is 227 g/mol. The summed E-state index contributed by atoms with van der Waals surface area (Å²) in [7, 11) is 1.73. The molecule has 4 heteroatoms. The maximum absolute atomic E-state index is 7.45. The fourth-order valence-corrected chi connectivity index (χ4v) is 2.00. The summed E-state index contributed by atoms with van der Waals surface area (Å²) >= 11 is 0. The van der Waals surface area contributed by atoms with E-state index in [1.807, 2.05) is 6.92 Å². The van der Waals surface area contributed by atoms with Gasteiger partial charge >= 0.3 is 0 Å². The van der Waals surface area contributed by atoms with Gasteiger partial charge in [0.15, 0.2) is 0 Å². The molecule has 0 aromatic rings. The number of nitrogens with one attached hydrogen (secondary N) is 1. The second kappa shape index (κ2) is 6.21. The van der Waals surface area contributed by atoms with Crippen molar-refractivity contribution in [3.05, 3.63) is 0 Å². The van der Waals surface area contributed by atoms with Crippen LogP contribution in [0.5, 0.6) is 0 Å². The summed E-state index contributed by atoms with van der Waals surface area (Å²) in [5, 5.41) is 7.45. The molecule has 1 saturated carbocycles. The third kappa shape index (κ3) is 4.10. The van der Waals surface area contributed by atoms with Crippen LogP contribution in [0.15, 0.2) is 0 Å². The third-order valence-corrected chi connectivity index (χ3v) is 3.50. The van der Waals surface area contributed by atoms with Gasteiger partial charge in [0.05, 0.1) is 12.4 Å². The first-order valence-corrected chi connectivity index (χ1v) is 6.13. The van der Waals surface area contributed by atoms with Crippen LogP contribution in [0.25, 0.3) is 0 Å². The monoisotopic (exact) mass is 227 g/mol. The molecule has 0 aromatic heterocycles. The first-order chi connectivity index (χ1) is 7.56. The molecule has 0 heterocycles. The molecule has 16 heavy (non-hydrogen) atoms. The molecule has 0 aliphatic heterocycles. The molecule has 0 bridgehead atoms. The Labute approximate surface area is 98.6 Å². The van der Waals surface area contributed by atoms with Crippen molar-refractivity contribution in [3.63, 3.8) is 0 Å². The number of nitrogens with zero attached hydrogens (tertiary/aromatic N) is 1. The first kappa shape index (κ1) is 13.5. The highest BCUT2D eigenvalue weighted by molar-refractivity contribution is 5.79. The van der Waals surface area contributed by atoms with Gasteiger partial charge in [-0.1, -0.05) is 6.92 Å². The second-order valence-electron chi connectivity index (χ2n) is 4.92. The van der Waals surface area contributed by atoms with E-state index in [1.165, 1.54) is 12.8 Å². The summed E-state index contributed by atoms with van der Waals surface area (Å²) in [6.45, 7) is 6.85. The molecule has 0 radical (unpaired) electrons. The van der Waals surface area contributed by atoms with Crippen LogP contribution in [0.2, 0.25) is 0 Å². The van der Waals surface area contributed by atoms with Crippen molar-refractivity contribution in [1.82, 2.24) is 4.90 Å². The van der Waals surface area contributed by atoms with E-state index in [2.05, 4.69) is 11.8 Å². The molecule has 0 aromatic carbocycles. The minimum Gasteiger partial charge on any atom is -0.387 e. The quantitative estimate of drug-likeness (QED) is 0.485. The molecule has 1 fully saturated rings. The lowest BCUT2D eigenvalue weighted by Gasteiger charge is -2.31. The van der Waals surface area contributed by atoms with E-state index in [9.17, 15) is 0 Å². The molecule has 2 unspecified atom stereocenters. The Morgan fingerprint density at radius 1 is 1.50 bits per heavy atom. The standard InChI is InChI=1S/C12H25N3O/c1-9(12(13)14)8-15(6-7-16-3)10(2)11-4-5-11/h9-11H,4-8H2,1-3H3,(H3,13,14). The number of hydrogen-bond donors (Lipinski definition) is 2. The number of rotatable bonds is 8. The van der Waals surface area contributed by atoms with Crippen molar-refractivity contribution in [3.8, 4) is 0 Å². The molecule has 94 valence electrons. The Balaban J connectivity index is 2.44. The van der Waals surface area contributed by atoms with Crippen molar-refractivity contribution >= 4 is 5.84 Å². The van der Waals surface area contributed by atoms with Crippen LogP contribution in [-0.2, 0) is 4.74 Å². The van der Waals surface area contributed by atoms with Crippen molar-refractivity contribution in [2.45, 2.75) is 32.7 Å². The molecule has 0 saturated heterocycles. The van der Waals surface area contributed by atoms with E-state index < -0.39 is 0 Å². The van der Waals surface area contributed by atoms with Crippen LogP contribution in [0.4, 0.5) is 0 Å². The summed E-state index contributed by atoms with van der Waals surface area (Å²) in [6.07, 6.45) is 2.69. The Hall–Kier alpha value is -0.610. The van der Waals surface area contributed by atoms with Gasteiger partial charge in [-0.05, 0) is 25.7 Å². The average Bonchev–Trinajstić information content (AvgIpc) is 3.06. The zero-order valence-corrected chi connectivity index (χ0v) is 10.7. The topological polar surface area (TPSA) is 62.3 Å². The van der Waals surface area contributed by atoms with Gasteiger partial charge in [0, 0.05) is 32.2 Å². The molecule has 1 aliphatic rings. The van der Waals surface area contributed by atoms with Gasteiger partial charge in [-0.15, -0.1) is 0 Å². The van der Waals surface area contributed by atoms with E-state index in [0.29, 0.717) is 6.04 Å². The lowest BCUT2D eigenvalue weighted by molar-refractivity contribution is 0.112. The lowest BCUT2D eigenvalue weighted by atomic mass is 10.1. The normalized spacial score (nSPS) is 19.8. The van der Waals surface area contributed by atoms with E-state index in [1.54, 1.807) is 7.11 Å². The molecule has 1 aliphatic carbocycles. The van der Waals surface area contributed by atoms with Crippen LogP contribution >= 0.6 is 0 Å². The highest BCUT2D eigenvalue weighted by atomic mass is 16.5. The summed E-state index contributed by atoms with van der Waals surface area (Å²) in [5.41, 5.74) is 5.53. The third-order valence-electron chi connectivity index (χ3n) is 3.50. The molecule has 2 atom stereocenters. The van der Waals surface area contributed by atoms with Gasteiger partial charge < -0.3 is 10.5 Å². The molecular formula is C12H25N3O. The van der Waals surface area contributed by atoms with Crippen LogP contribution in [-0.4, -0.2) is 43.6 Å². The molecule has 3 N–H and O–H groups in total. The molecule has 1 rings (SSSR count). The zero-order valence-electron chi connectivity index (χ0n) is 10.7. The van der Waals surface area contributed by atoms with E-state index >= 15 is 0 Å². The SMILES string of the molecule is COCCN(CC(C)C(=N)N)C(C)C1CC1. The predicted octanol–water partition coefficient (Wildman–Crippen LogP) is 1.31. The Kier molecular flexibility index (Phi) is 5.22. The summed E-state index contributed by atoms with van der Waals surface area (Å²) in [6, 6.07) is 0.594. The minimum absolute atomic E-state index is 0.137. The predicted molar refractivity (Wildman–Crippen MR) is 66.7 cm³/mol. The fourth-order valence-electron chi connectivity index (χ4n) is 2.00. The fraction of sp³-hybridized carbons (Fsp3) is 0.917. The Morgan fingerprint density at radius 3 is 2.56 bits per heavy atom. The van der Waals surface area contributed by atoms with E-state index in [0.717, 1.165) is 25.6 Å². The van der Waals surface area contributed by atoms with E-state index in [4.69, 9.17) is 15.9 Å². The maximum atomic E-state index is 7.45. The van der Waals surface area contributed by atoms with Crippen molar-refractivity contribution in [1.29, 1.82) is 5.41 Å². The highest BCUT2D eigenvalue weighted by Gasteiger charge is 2.32. The van der Waals surface area contributed by atoms with Gasteiger partial charge in [0.1, 0.15) is 0 Å². The number of hydrogen-bond acceptors (Lipinski definition) is 3. The van der Waals surface area contributed by atoms with Gasteiger partial charge in [0.25, 0.3) is 0 Å². The molecular weight excluding hydrogens is 202 g/mol. The molecule has 4 nitrogen and oxygen atoms in total. The van der Waals surface area contributed by atoms with Gasteiger partial charge in [-0.25, -0.2) is 0 Å². The number of methoxy groups -OCH3 is 1. The van der Waals surface area contributed by atoms with Gasteiger partial charge in [-0.2, -0.15) is 0 Å². The largest absolute Gasteiger partial charge is 0.387 e. The van der Waals surface area contributed by atoms with Gasteiger partial charge in [0.2, 0.25) is 0 Å². The zero-order chi connectivity index (χ0) is 12.1. The highest BCUT2D eigenvalue weighted by Crippen LogP contribution is 2.35. The molecule has 0 amide bonds. The number of ether oxygens (including phenoxy) is 1. The minimum atomic E-state index is 0.137. The van der Waals surface area contributed by atoms with Crippen molar-refractivity contribution in [2.75, 3.05) is 26.8 Å². The van der Waals surface area contributed by atoms with Gasteiger partial charge in [-0.3, -0.25) is 10.3 Å². The summed E-state index contributed by atoms with van der Waals surface area (Å²) in [4.78, 5) is 2.41. The lowest BCUT2D eigenvalue weighted by Crippen LogP contribution is -2.42.